The maximum atomic E-state index is 14.4. The standard InChI is InChI=1S/C16H20FN3O4S/c1-4-12(3)20(10-16(21)22)25(23,24)13-5-6-15(14(17)7-13)19-9-11(2)8-18-19/h5-9,12H,4,10H2,1-3H3,(H,21,22). The lowest BCUT2D eigenvalue weighted by molar-refractivity contribution is -0.137. The van der Waals surface area contributed by atoms with Crippen LogP contribution in [-0.4, -0.2) is 46.2 Å². The number of aromatic nitrogens is 2. The molecule has 0 radical (unpaired) electrons. The zero-order valence-corrected chi connectivity index (χ0v) is 15.0. The monoisotopic (exact) mass is 369 g/mol. The highest BCUT2D eigenvalue weighted by Crippen LogP contribution is 2.23. The molecule has 0 amide bonds. The topological polar surface area (TPSA) is 92.5 Å². The lowest BCUT2D eigenvalue weighted by atomic mass is 10.2. The second-order valence-electron chi connectivity index (χ2n) is 5.78. The fourth-order valence-electron chi connectivity index (χ4n) is 2.33. The highest BCUT2D eigenvalue weighted by atomic mass is 32.2. The summed E-state index contributed by atoms with van der Waals surface area (Å²) in [7, 11) is -4.14. The summed E-state index contributed by atoms with van der Waals surface area (Å²) in [5, 5.41) is 13.0. The Bertz CT molecular complexity index is 879. The quantitative estimate of drug-likeness (QED) is 0.808. The average Bonchev–Trinajstić information content (AvgIpc) is 2.97. The third kappa shape index (κ3) is 4.05. The summed E-state index contributed by atoms with van der Waals surface area (Å²) in [5.74, 6) is -2.03. The summed E-state index contributed by atoms with van der Waals surface area (Å²) >= 11 is 0. The molecule has 1 aromatic carbocycles. The van der Waals surface area contributed by atoms with Crippen molar-refractivity contribution in [1.82, 2.24) is 14.1 Å². The van der Waals surface area contributed by atoms with E-state index in [-0.39, 0.29) is 10.6 Å². The van der Waals surface area contributed by atoms with Crippen LogP contribution in [0.3, 0.4) is 0 Å². The van der Waals surface area contributed by atoms with Gasteiger partial charge in [0.2, 0.25) is 10.0 Å². The number of carbonyl (C=O) groups is 1. The van der Waals surface area contributed by atoms with Crippen molar-refractivity contribution in [3.63, 3.8) is 0 Å². The van der Waals surface area contributed by atoms with Crippen LogP contribution < -0.4 is 0 Å². The van der Waals surface area contributed by atoms with Crippen LogP contribution >= 0.6 is 0 Å². The van der Waals surface area contributed by atoms with Gasteiger partial charge in [0.15, 0.2) is 0 Å². The van der Waals surface area contributed by atoms with Gasteiger partial charge in [-0.3, -0.25) is 4.79 Å². The largest absolute Gasteiger partial charge is 0.480 e. The Hall–Kier alpha value is -2.26. The number of sulfonamides is 1. The van der Waals surface area contributed by atoms with E-state index in [1.807, 2.05) is 0 Å². The normalized spacial score (nSPS) is 13.2. The highest BCUT2D eigenvalue weighted by Gasteiger charge is 2.31. The molecular weight excluding hydrogens is 349 g/mol. The molecule has 1 heterocycles. The summed E-state index contributed by atoms with van der Waals surface area (Å²) in [5.41, 5.74) is 0.945. The Kier molecular flexibility index (Phi) is 5.58. The van der Waals surface area contributed by atoms with Crippen LogP contribution in [0.1, 0.15) is 25.8 Å². The van der Waals surface area contributed by atoms with E-state index in [2.05, 4.69) is 5.10 Å². The zero-order chi connectivity index (χ0) is 18.8. The predicted molar refractivity (Wildman–Crippen MR) is 89.5 cm³/mol. The summed E-state index contributed by atoms with van der Waals surface area (Å²) in [4.78, 5) is 10.7. The van der Waals surface area contributed by atoms with Crippen molar-refractivity contribution in [2.45, 2.75) is 38.1 Å². The molecular formula is C16H20FN3O4S. The van der Waals surface area contributed by atoms with Gasteiger partial charge in [-0.2, -0.15) is 9.40 Å². The third-order valence-electron chi connectivity index (χ3n) is 3.86. The molecule has 0 fully saturated rings. The first-order valence-electron chi connectivity index (χ1n) is 7.71. The summed E-state index contributed by atoms with van der Waals surface area (Å²) < 4.78 is 42.1. The Balaban J connectivity index is 2.45. The number of carboxylic acid groups (broad SMARTS) is 1. The van der Waals surface area contributed by atoms with E-state index >= 15 is 0 Å². The molecule has 0 spiro atoms. The van der Waals surface area contributed by atoms with Crippen molar-refractivity contribution in [1.29, 1.82) is 0 Å². The number of aliphatic carboxylic acids is 1. The fourth-order valence-corrected chi connectivity index (χ4v) is 3.99. The van der Waals surface area contributed by atoms with Crippen molar-refractivity contribution in [3.8, 4) is 5.69 Å². The summed E-state index contributed by atoms with van der Waals surface area (Å²) in [6, 6.07) is 2.92. The molecule has 1 aromatic heterocycles. The minimum Gasteiger partial charge on any atom is -0.480 e. The fraction of sp³-hybridized carbons (Fsp3) is 0.375. The molecule has 25 heavy (non-hydrogen) atoms. The molecule has 136 valence electrons. The van der Waals surface area contributed by atoms with Crippen LogP contribution in [-0.2, 0) is 14.8 Å². The Morgan fingerprint density at radius 2 is 2.12 bits per heavy atom. The molecule has 2 rings (SSSR count). The predicted octanol–water partition coefficient (Wildman–Crippen LogP) is 2.19. The van der Waals surface area contributed by atoms with E-state index in [1.165, 1.54) is 16.8 Å². The van der Waals surface area contributed by atoms with E-state index in [4.69, 9.17) is 5.11 Å². The van der Waals surface area contributed by atoms with E-state index in [9.17, 15) is 17.6 Å². The first kappa shape index (κ1) is 19.1. The van der Waals surface area contributed by atoms with Gasteiger partial charge in [-0.05, 0) is 44.0 Å². The average molecular weight is 369 g/mol. The number of hydrogen-bond acceptors (Lipinski definition) is 4. The minimum atomic E-state index is -4.14. The van der Waals surface area contributed by atoms with E-state index in [1.54, 1.807) is 33.2 Å². The van der Waals surface area contributed by atoms with Gasteiger partial charge in [0.1, 0.15) is 18.0 Å². The van der Waals surface area contributed by atoms with Crippen molar-refractivity contribution in [2.24, 2.45) is 0 Å². The Morgan fingerprint density at radius 1 is 1.44 bits per heavy atom. The first-order valence-corrected chi connectivity index (χ1v) is 9.15. The molecule has 9 heteroatoms. The molecule has 0 aliphatic rings. The van der Waals surface area contributed by atoms with Crippen molar-refractivity contribution < 1.29 is 22.7 Å². The zero-order valence-electron chi connectivity index (χ0n) is 14.2. The van der Waals surface area contributed by atoms with Crippen molar-refractivity contribution in [3.05, 3.63) is 42.0 Å². The molecule has 0 bridgehead atoms. The molecule has 0 aliphatic carbocycles. The number of nitrogens with zero attached hydrogens (tertiary/aromatic N) is 3. The van der Waals surface area contributed by atoms with E-state index < -0.39 is 34.4 Å². The van der Waals surface area contributed by atoms with Crippen molar-refractivity contribution >= 4 is 16.0 Å². The number of rotatable bonds is 7. The number of benzene rings is 1. The SMILES string of the molecule is CCC(C)N(CC(=O)O)S(=O)(=O)c1ccc(-n2cc(C)cn2)c(F)c1. The lowest BCUT2D eigenvalue weighted by Gasteiger charge is -2.26. The highest BCUT2D eigenvalue weighted by molar-refractivity contribution is 7.89. The maximum Gasteiger partial charge on any atom is 0.318 e. The van der Waals surface area contributed by atoms with E-state index in [0.29, 0.717) is 6.42 Å². The van der Waals surface area contributed by atoms with Crippen LogP contribution in [0.15, 0.2) is 35.5 Å². The van der Waals surface area contributed by atoms with Gasteiger partial charge in [0.25, 0.3) is 0 Å². The molecule has 7 nitrogen and oxygen atoms in total. The number of hydrogen-bond donors (Lipinski definition) is 1. The van der Waals surface area contributed by atoms with Gasteiger partial charge in [0, 0.05) is 12.2 Å². The Labute approximate surface area is 145 Å². The molecule has 0 aliphatic heterocycles. The number of aryl methyl sites for hydroxylation is 1. The lowest BCUT2D eigenvalue weighted by Crippen LogP contribution is -2.41. The minimum absolute atomic E-state index is 0.111. The molecule has 1 unspecified atom stereocenters. The summed E-state index contributed by atoms with van der Waals surface area (Å²) in [6.45, 7) is 4.48. The molecule has 1 N–H and O–H groups in total. The molecule has 0 saturated heterocycles. The third-order valence-corrected chi connectivity index (χ3v) is 5.81. The van der Waals surface area contributed by atoms with Gasteiger partial charge >= 0.3 is 5.97 Å². The smallest absolute Gasteiger partial charge is 0.318 e. The van der Waals surface area contributed by atoms with Gasteiger partial charge in [-0.25, -0.2) is 17.5 Å². The van der Waals surface area contributed by atoms with Crippen LogP contribution in [0.2, 0.25) is 0 Å². The first-order chi connectivity index (χ1) is 11.7. The Morgan fingerprint density at radius 3 is 2.60 bits per heavy atom. The molecule has 2 aromatic rings. The number of halogens is 1. The second-order valence-corrected chi connectivity index (χ2v) is 7.67. The maximum absolute atomic E-state index is 14.4. The van der Waals surface area contributed by atoms with Crippen LogP contribution in [0.25, 0.3) is 5.69 Å². The van der Waals surface area contributed by atoms with Gasteiger partial charge in [-0.1, -0.05) is 6.92 Å². The van der Waals surface area contributed by atoms with Gasteiger partial charge in [0.05, 0.1) is 11.1 Å². The van der Waals surface area contributed by atoms with Crippen LogP contribution in [0, 0.1) is 12.7 Å². The number of carboxylic acids is 1. The van der Waals surface area contributed by atoms with Gasteiger partial charge in [-0.15, -0.1) is 0 Å². The van der Waals surface area contributed by atoms with Gasteiger partial charge < -0.3 is 5.11 Å². The van der Waals surface area contributed by atoms with Crippen molar-refractivity contribution in [2.75, 3.05) is 6.54 Å². The molecule has 0 saturated carbocycles. The van der Waals surface area contributed by atoms with Crippen LogP contribution in [0.4, 0.5) is 4.39 Å². The van der Waals surface area contributed by atoms with E-state index in [0.717, 1.165) is 15.9 Å². The second kappa shape index (κ2) is 7.32. The van der Waals surface area contributed by atoms with Crippen LogP contribution in [0.5, 0.6) is 0 Å². The summed E-state index contributed by atoms with van der Waals surface area (Å²) in [6.07, 6.45) is 3.60. The molecule has 1 atom stereocenters.